The van der Waals surface area contributed by atoms with Crippen molar-refractivity contribution >= 4 is 0 Å². The minimum absolute atomic E-state index is 0.676. The van der Waals surface area contributed by atoms with Crippen LogP contribution in [0.5, 0.6) is 0 Å². The van der Waals surface area contributed by atoms with Crippen LogP contribution in [0.1, 0.15) is 112 Å². The van der Waals surface area contributed by atoms with Gasteiger partial charge < -0.3 is 0 Å². The standard InChI is InChI=1S/C23H40.C2H6/c1-5-8-18-11-13-20-19-12-10-17-9-6-7-14-22(17,3)21(19)15-16(2)23(18,20)4;1-2/h16-21H,5-15H2,1-4H3;1-2H3/t16-,17?,18?,19?,20?,21?,22?,23?;/m0./s1. The minimum atomic E-state index is 0.676. The Morgan fingerprint density at radius 1 is 0.880 bits per heavy atom. The van der Waals surface area contributed by atoms with Crippen LogP contribution in [0.25, 0.3) is 0 Å². The van der Waals surface area contributed by atoms with E-state index in [0.717, 1.165) is 35.5 Å². The van der Waals surface area contributed by atoms with Crippen LogP contribution in [0.2, 0.25) is 0 Å². The van der Waals surface area contributed by atoms with Gasteiger partial charge in [0.05, 0.1) is 0 Å². The quantitative estimate of drug-likeness (QED) is 0.473. The van der Waals surface area contributed by atoms with Crippen molar-refractivity contribution in [2.45, 2.75) is 112 Å². The summed E-state index contributed by atoms with van der Waals surface area (Å²) >= 11 is 0. The van der Waals surface area contributed by atoms with Crippen LogP contribution >= 0.6 is 0 Å². The highest BCUT2D eigenvalue weighted by Crippen LogP contribution is 2.69. The molecule has 0 aromatic rings. The Kier molecular flexibility index (Phi) is 5.97. The van der Waals surface area contributed by atoms with Gasteiger partial charge in [-0.2, -0.15) is 0 Å². The number of hydrogen-bond donors (Lipinski definition) is 0. The zero-order valence-corrected chi connectivity index (χ0v) is 18.2. The van der Waals surface area contributed by atoms with E-state index in [1.54, 1.807) is 44.9 Å². The van der Waals surface area contributed by atoms with Gasteiger partial charge >= 0.3 is 0 Å². The van der Waals surface area contributed by atoms with Crippen LogP contribution in [0.4, 0.5) is 0 Å². The largest absolute Gasteiger partial charge is 0.0683 e. The Labute approximate surface area is 158 Å². The molecule has 4 rings (SSSR count). The molecule has 146 valence electrons. The lowest BCUT2D eigenvalue weighted by Gasteiger charge is -2.62. The lowest BCUT2D eigenvalue weighted by atomic mass is 9.43. The summed E-state index contributed by atoms with van der Waals surface area (Å²) in [5.41, 5.74) is 1.38. The third kappa shape index (κ3) is 2.93. The predicted octanol–water partition coefficient (Wildman–Crippen LogP) is 8.11. The van der Waals surface area contributed by atoms with Crippen LogP contribution in [0, 0.1) is 46.3 Å². The van der Waals surface area contributed by atoms with E-state index >= 15 is 0 Å². The Morgan fingerprint density at radius 3 is 2.36 bits per heavy atom. The molecule has 8 atom stereocenters. The van der Waals surface area contributed by atoms with Crippen LogP contribution in [-0.2, 0) is 0 Å². The van der Waals surface area contributed by atoms with Gasteiger partial charge in [-0.05, 0) is 91.3 Å². The molecule has 4 aliphatic carbocycles. The number of hydrogen-bond acceptors (Lipinski definition) is 0. The zero-order chi connectivity index (χ0) is 18.2. The summed E-state index contributed by atoms with van der Waals surface area (Å²) in [4.78, 5) is 0. The second-order valence-corrected chi connectivity index (χ2v) is 10.5. The molecule has 4 aliphatic rings. The van der Waals surface area contributed by atoms with E-state index in [1.807, 2.05) is 13.8 Å². The van der Waals surface area contributed by atoms with E-state index in [0.29, 0.717) is 10.8 Å². The van der Waals surface area contributed by atoms with Crippen LogP contribution in [0.3, 0.4) is 0 Å². The van der Waals surface area contributed by atoms with Crippen LogP contribution in [0.15, 0.2) is 0 Å². The SMILES string of the molecule is CC.CCCC1CCC2C3CCC4CCCCC4(C)C3C[C@H](C)C12C. The minimum Gasteiger partial charge on any atom is -0.0683 e. The molecule has 7 unspecified atom stereocenters. The summed E-state index contributed by atoms with van der Waals surface area (Å²) in [7, 11) is 0. The fourth-order valence-electron chi connectivity index (χ4n) is 8.59. The summed E-state index contributed by atoms with van der Waals surface area (Å²) in [5, 5.41) is 0. The van der Waals surface area contributed by atoms with E-state index < -0.39 is 0 Å². The first-order valence-corrected chi connectivity index (χ1v) is 12.0. The first-order valence-electron chi connectivity index (χ1n) is 12.0. The molecule has 4 fully saturated rings. The maximum absolute atomic E-state index is 2.72. The normalized spacial score (nSPS) is 51.6. The summed E-state index contributed by atoms with van der Waals surface area (Å²) in [6.45, 7) is 14.5. The lowest BCUT2D eigenvalue weighted by Crippen LogP contribution is -2.55. The van der Waals surface area contributed by atoms with E-state index in [2.05, 4.69) is 27.7 Å². The molecule has 0 N–H and O–H groups in total. The molecule has 0 spiro atoms. The summed E-state index contributed by atoms with van der Waals surface area (Å²) in [6.07, 6.45) is 16.8. The smallest absolute Gasteiger partial charge is 0.0241 e. The van der Waals surface area contributed by atoms with Crippen molar-refractivity contribution in [3.05, 3.63) is 0 Å². The Hall–Kier alpha value is 0. The molecule has 4 saturated carbocycles. The van der Waals surface area contributed by atoms with E-state index in [9.17, 15) is 0 Å². The highest BCUT2D eigenvalue weighted by Gasteiger charge is 2.61. The molecule has 25 heavy (non-hydrogen) atoms. The highest BCUT2D eigenvalue weighted by atomic mass is 14.7. The van der Waals surface area contributed by atoms with Crippen molar-refractivity contribution in [2.24, 2.45) is 46.3 Å². The van der Waals surface area contributed by atoms with E-state index in [-0.39, 0.29) is 0 Å². The van der Waals surface area contributed by atoms with Gasteiger partial charge in [0.15, 0.2) is 0 Å². The molecule has 0 aromatic carbocycles. The van der Waals surface area contributed by atoms with E-state index in [4.69, 9.17) is 0 Å². The Balaban J connectivity index is 0.000000880. The zero-order valence-electron chi connectivity index (χ0n) is 18.2. The van der Waals surface area contributed by atoms with Gasteiger partial charge in [0.25, 0.3) is 0 Å². The first kappa shape index (κ1) is 19.8. The molecule has 0 aliphatic heterocycles. The second-order valence-electron chi connectivity index (χ2n) is 10.5. The topological polar surface area (TPSA) is 0 Å². The molecule has 0 aromatic heterocycles. The summed E-state index contributed by atoms with van der Waals surface area (Å²) in [5.74, 6) is 6.28. The van der Waals surface area contributed by atoms with Crippen molar-refractivity contribution in [3.63, 3.8) is 0 Å². The molecular formula is C25H46. The van der Waals surface area contributed by atoms with Crippen LogP contribution < -0.4 is 0 Å². The van der Waals surface area contributed by atoms with Crippen molar-refractivity contribution in [1.82, 2.24) is 0 Å². The molecule has 0 heteroatoms. The van der Waals surface area contributed by atoms with Gasteiger partial charge in [-0.3, -0.25) is 0 Å². The average Bonchev–Trinajstić information content (AvgIpc) is 2.96. The summed E-state index contributed by atoms with van der Waals surface area (Å²) < 4.78 is 0. The van der Waals surface area contributed by atoms with Gasteiger partial charge in [0, 0.05) is 0 Å². The third-order valence-electron chi connectivity index (χ3n) is 9.99. The highest BCUT2D eigenvalue weighted by molar-refractivity contribution is 5.10. The van der Waals surface area contributed by atoms with Crippen molar-refractivity contribution in [2.75, 3.05) is 0 Å². The lowest BCUT2D eigenvalue weighted by molar-refractivity contribution is -0.134. The maximum Gasteiger partial charge on any atom is -0.0241 e. The average molecular weight is 347 g/mol. The molecule has 0 bridgehead atoms. The fourth-order valence-corrected chi connectivity index (χ4v) is 8.59. The van der Waals surface area contributed by atoms with Gasteiger partial charge in [-0.1, -0.05) is 67.2 Å². The van der Waals surface area contributed by atoms with Gasteiger partial charge in [0.2, 0.25) is 0 Å². The predicted molar refractivity (Wildman–Crippen MR) is 111 cm³/mol. The molecule has 0 radical (unpaired) electrons. The molecule has 0 saturated heterocycles. The van der Waals surface area contributed by atoms with Gasteiger partial charge in [-0.15, -0.1) is 0 Å². The fraction of sp³-hybridized carbons (Fsp3) is 1.00. The Morgan fingerprint density at radius 2 is 1.64 bits per heavy atom. The third-order valence-corrected chi connectivity index (χ3v) is 9.99. The van der Waals surface area contributed by atoms with Crippen molar-refractivity contribution in [3.8, 4) is 0 Å². The molecular weight excluding hydrogens is 300 g/mol. The van der Waals surface area contributed by atoms with Crippen molar-refractivity contribution < 1.29 is 0 Å². The van der Waals surface area contributed by atoms with Crippen LogP contribution in [-0.4, -0.2) is 0 Å². The Bertz CT molecular complexity index is 439. The van der Waals surface area contributed by atoms with Crippen molar-refractivity contribution in [1.29, 1.82) is 0 Å². The number of rotatable bonds is 2. The van der Waals surface area contributed by atoms with Gasteiger partial charge in [0.1, 0.15) is 0 Å². The second kappa shape index (κ2) is 7.55. The molecule has 0 amide bonds. The first-order chi connectivity index (χ1) is 12.0. The van der Waals surface area contributed by atoms with E-state index in [1.165, 1.54) is 25.7 Å². The molecule has 0 heterocycles. The molecule has 0 nitrogen and oxygen atoms in total. The van der Waals surface area contributed by atoms with Gasteiger partial charge in [-0.25, -0.2) is 0 Å². The maximum atomic E-state index is 2.72. The summed E-state index contributed by atoms with van der Waals surface area (Å²) in [6, 6.07) is 0. The number of fused-ring (bicyclic) bond motifs is 5. The monoisotopic (exact) mass is 346 g/mol.